The van der Waals surface area contributed by atoms with E-state index in [1.165, 1.54) is 18.1 Å². The maximum Gasteiger partial charge on any atom is 3.00 e. The number of aromatic nitrogens is 3. The van der Waals surface area contributed by atoms with E-state index in [0.29, 0.717) is 13.1 Å². The van der Waals surface area contributed by atoms with Crippen LogP contribution in [0.1, 0.15) is 102 Å². The molecular weight excluding hydrogens is 962 g/mol. The van der Waals surface area contributed by atoms with Crippen LogP contribution >= 0.6 is 15.6 Å². The van der Waals surface area contributed by atoms with E-state index in [1.54, 1.807) is 12.3 Å². The van der Waals surface area contributed by atoms with Crippen molar-refractivity contribution in [2.75, 3.05) is 4.90 Å². The van der Waals surface area contributed by atoms with Gasteiger partial charge in [-0.15, -0.1) is 0 Å². The molecular formula is C43H48F12FeN6OP2+. The number of ether oxygens (including phenoxy) is 1. The average molecular weight is 1010 g/mol. The largest absolute Gasteiger partial charge is 3.00 e. The predicted molar refractivity (Wildman–Crippen MR) is 231 cm³/mol. The first-order valence-electron chi connectivity index (χ1n) is 19.1. The van der Waals surface area contributed by atoms with Crippen LogP contribution in [0, 0.1) is 11.3 Å². The Bertz CT molecular complexity index is 2390. The minimum absolute atomic E-state index is 0. The zero-order valence-corrected chi connectivity index (χ0v) is 39.5. The van der Waals surface area contributed by atoms with Crippen molar-refractivity contribution in [1.29, 1.82) is 5.26 Å². The fraction of sp³-hybridized carbons (Fsp3) is 0.326. The number of benzene rings is 2. The molecule has 6 rings (SSSR count). The Balaban J connectivity index is 0.000000688. The molecule has 0 N–H and O–H groups in total. The number of hydrogen-bond acceptors (Lipinski definition) is 7. The molecule has 1 aliphatic heterocycles. The number of aliphatic imine (C=N–C) groups is 1. The van der Waals surface area contributed by atoms with Crippen LogP contribution in [0.25, 0.3) is 0 Å². The molecule has 5 aromatic rings. The maximum absolute atomic E-state index is 10.7. The van der Waals surface area contributed by atoms with Gasteiger partial charge in [-0.2, -0.15) is 5.26 Å². The van der Waals surface area contributed by atoms with E-state index in [4.69, 9.17) is 25.0 Å². The van der Waals surface area contributed by atoms with Crippen molar-refractivity contribution in [3.8, 4) is 17.6 Å². The summed E-state index contributed by atoms with van der Waals surface area (Å²) >= 11 is 0. The first kappa shape index (κ1) is 56.3. The van der Waals surface area contributed by atoms with Gasteiger partial charge in [0.2, 0.25) is 0 Å². The number of hydrogen-bond donors (Lipinski definition) is 0. The van der Waals surface area contributed by atoms with Gasteiger partial charge in [0.1, 0.15) is 5.69 Å². The maximum atomic E-state index is 9.87. The van der Waals surface area contributed by atoms with E-state index in [9.17, 15) is 50.4 Å². The molecule has 7 nitrogen and oxygen atoms in total. The van der Waals surface area contributed by atoms with Gasteiger partial charge in [0.25, 0.3) is 0 Å². The zero-order chi connectivity index (χ0) is 48.9. The third-order valence-electron chi connectivity index (χ3n) is 8.94. The van der Waals surface area contributed by atoms with E-state index >= 15 is 0 Å². The summed E-state index contributed by atoms with van der Waals surface area (Å²) in [5, 5.41) is 7.32. The molecule has 1 aliphatic rings. The van der Waals surface area contributed by atoms with Crippen LogP contribution in [0.4, 0.5) is 61.7 Å². The molecule has 1 radical (unpaired) electrons. The number of nitriles is 1. The second-order valence-electron chi connectivity index (χ2n) is 17.1. The minimum Gasteiger partial charge on any atom is 3.00 e. The van der Waals surface area contributed by atoms with Crippen molar-refractivity contribution < 1.29 is 72.2 Å². The summed E-state index contributed by atoms with van der Waals surface area (Å²) < 4.78 is 126. The smallest absolute Gasteiger partial charge is 3.00 e. The van der Waals surface area contributed by atoms with Crippen LogP contribution in [0.15, 0.2) is 102 Å². The predicted octanol–water partition coefficient (Wildman–Crippen LogP) is 17.1. The Hall–Kier alpha value is -4.81. The summed E-state index contributed by atoms with van der Waals surface area (Å²) in [6.45, 7) is 20.8. The molecule has 4 heterocycles. The van der Waals surface area contributed by atoms with Gasteiger partial charge in [0.15, 0.2) is 11.5 Å². The molecule has 0 atom stereocenters. The van der Waals surface area contributed by atoms with Gasteiger partial charge in [-0.1, -0.05) is 85.7 Å². The Labute approximate surface area is 380 Å². The molecule has 0 saturated carbocycles. The zero-order valence-electron chi connectivity index (χ0n) is 36.6. The number of halogens is 12. The Morgan fingerprint density at radius 3 is 1.40 bits per heavy atom. The molecule has 22 heteroatoms. The molecule has 0 aliphatic carbocycles. The SMILES string of the molecule is CC#N.CC(C)(C)c1cc(N=Cc2ccccn2)c2c(c1)C(C)(C)c1cc(C(C)(C)C)cc(N(Cc3ccccn3)Cc3ccccn3)c1O2.F[P-](F)(F)(F)(F)F.F[P-](F)(F)(F)(F)F.[Fe+3]. The average Bonchev–Trinajstić information content (AvgIpc) is 3.12. The first-order valence-corrected chi connectivity index (χ1v) is 23.2. The molecule has 0 amide bonds. The summed E-state index contributed by atoms with van der Waals surface area (Å²) in [6, 6.07) is 28.9. The fourth-order valence-electron chi connectivity index (χ4n) is 6.00. The summed E-state index contributed by atoms with van der Waals surface area (Å²) in [6.07, 6.45) is 7.31. The fourth-order valence-corrected chi connectivity index (χ4v) is 6.00. The van der Waals surface area contributed by atoms with Crippen molar-refractivity contribution in [1.82, 2.24) is 15.0 Å². The van der Waals surface area contributed by atoms with Crippen molar-refractivity contribution in [2.45, 2.75) is 91.6 Å². The molecule has 357 valence electrons. The number of fused-ring (bicyclic) bond motifs is 2. The van der Waals surface area contributed by atoms with Gasteiger partial charge in [-0.05, 0) is 70.5 Å². The minimum atomic E-state index is -10.7. The number of rotatable bonds is 7. The van der Waals surface area contributed by atoms with E-state index in [2.05, 4.69) is 102 Å². The van der Waals surface area contributed by atoms with Gasteiger partial charge in [0.05, 0.1) is 48.1 Å². The Morgan fingerprint density at radius 2 is 1.03 bits per heavy atom. The molecule has 0 unspecified atom stereocenters. The van der Waals surface area contributed by atoms with Crippen molar-refractivity contribution >= 4 is 33.2 Å². The van der Waals surface area contributed by atoms with Gasteiger partial charge >= 0.3 is 83.0 Å². The molecule has 0 spiro atoms. The molecule has 2 aromatic carbocycles. The number of anilines is 1. The van der Waals surface area contributed by atoms with E-state index in [-0.39, 0.29) is 33.3 Å². The van der Waals surface area contributed by atoms with Crippen LogP contribution in [0.3, 0.4) is 0 Å². The van der Waals surface area contributed by atoms with Crippen LogP contribution in [-0.4, -0.2) is 21.2 Å². The molecule has 0 fully saturated rings. The Morgan fingerprint density at radius 1 is 0.646 bits per heavy atom. The van der Waals surface area contributed by atoms with Crippen molar-refractivity contribution in [2.24, 2.45) is 4.99 Å². The van der Waals surface area contributed by atoms with Crippen molar-refractivity contribution in [3.63, 3.8) is 0 Å². The quantitative estimate of drug-likeness (QED) is 0.0699. The van der Waals surface area contributed by atoms with Gasteiger partial charge in [-0.25, -0.2) is 0 Å². The third-order valence-corrected chi connectivity index (χ3v) is 8.94. The van der Waals surface area contributed by atoms with Crippen LogP contribution in [0.2, 0.25) is 0 Å². The van der Waals surface area contributed by atoms with Crippen molar-refractivity contribution in [3.05, 3.63) is 137 Å². The second kappa shape index (κ2) is 18.5. The van der Waals surface area contributed by atoms with E-state index < -0.39 is 15.6 Å². The molecule has 0 saturated heterocycles. The molecule has 3 aromatic heterocycles. The van der Waals surface area contributed by atoms with E-state index in [0.717, 1.165) is 51.1 Å². The summed E-state index contributed by atoms with van der Waals surface area (Å²) in [5.74, 6) is 1.63. The summed E-state index contributed by atoms with van der Waals surface area (Å²) in [5.41, 5.74) is 8.76. The molecule has 65 heavy (non-hydrogen) atoms. The van der Waals surface area contributed by atoms with Gasteiger partial charge in [0, 0.05) is 42.1 Å². The van der Waals surface area contributed by atoms with E-state index in [1.807, 2.05) is 61.1 Å². The standard InChI is InChI=1S/C41H45N5O.C2H3N.2F6P.Fe/c1-39(2,3)28-21-33-37(35(23-28)45-25-30-15-9-12-18-42-30)47-38-34(41(33,7)8)22-29(40(4,5)6)24-36(38)46(26-31-16-10-13-19-43-31)27-32-17-11-14-20-44-32;1-2-3;2*1-7(2,3,4,5)6;/h9-25H,26-27H2,1-8H3;1H3;;;/q;;2*-1;+3. The van der Waals surface area contributed by atoms with Gasteiger partial charge in [-0.3, -0.25) is 19.9 Å². The van der Waals surface area contributed by atoms with Crippen LogP contribution in [-0.2, 0) is 46.4 Å². The summed E-state index contributed by atoms with van der Waals surface area (Å²) in [7, 11) is -21.3. The van der Waals surface area contributed by atoms with Crippen LogP contribution in [0.5, 0.6) is 11.5 Å². The first-order chi connectivity index (χ1) is 28.6. The topological polar surface area (TPSA) is 87.3 Å². The molecule has 0 bridgehead atoms. The van der Waals surface area contributed by atoms with Gasteiger partial charge < -0.3 is 9.64 Å². The normalized spacial score (nSPS) is 15.2. The second-order valence-corrected chi connectivity index (χ2v) is 21.0. The summed E-state index contributed by atoms with van der Waals surface area (Å²) in [4.78, 5) is 21.3. The number of nitrogens with zero attached hydrogens (tertiary/aromatic N) is 6. The monoisotopic (exact) mass is 1010 g/mol. The third kappa shape index (κ3) is 20.9. The van der Waals surface area contributed by atoms with Crippen LogP contribution < -0.4 is 9.64 Å². The Kier molecular flexibility index (Phi) is 16.0. The number of pyridine rings is 3.